The number of rotatable bonds is 4. The maximum absolute atomic E-state index is 6.29. The fourth-order valence-corrected chi connectivity index (χ4v) is 3.87. The highest BCUT2D eigenvalue weighted by Gasteiger charge is 2.23. The van der Waals surface area contributed by atoms with Crippen LogP contribution in [0.5, 0.6) is 11.5 Å². The number of halogens is 2. The largest absolute Gasteiger partial charge is 0.493 e. The molecule has 3 heterocycles. The number of pyridine rings is 1. The van der Waals surface area contributed by atoms with Crippen LogP contribution in [0.1, 0.15) is 0 Å². The molecule has 0 spiro atoms. The van der Waals surface area contributed by atoms with Gasteiger partial charge in [-0.05, 0) is 12.1 Å². The molecular weight excluding hydrogens is 415 g/mol. The zero-order valence-corrected chi connectivity index (χ0v) is 17.5. The van der Waals surface area contributed by atoms with E-state index in [1.54, 1.807) is 32.5 Å². The van der Waals surface area contributed by atoms with Crippen LogP contribution < -0.4 is 25.0 Å². The van der Waals surface area contributed by atoms with Crippen molar-refractivity contribution >= 4 is 51.7 Å². The van der Waals surface area contributed by atoms with Crippen LogP contribution in [0.3, 0.4) is 0 Å². The van der Waals surface area contributed by atoms with Crippen molar-refractivity contribution in [2.75, 3.05) is 55.9 Å². The molecule has 0 bridgehead atoms. The van der Waals surface area contributed by atoms with E-state index in [0.29, 0.717) is 51.9 Å². The average molecular weight is 435 g/mol. The van der Waals surface area contributed by atoms with Crippen LogP contribution in [0.2, 0.25) is 10.0 Å². The summed E-state index contributed by atoms with van der Waals surface area (Å²) in [6, 6.07) is 5.30. The molecular formula is C19H20Cl2N6O2. The van der Waals surface area contributed by atoms with E-state index in [1.807, 2.05) is 6.07 Å². The summed E-state index contributed by atoms with van der Waals surface area (Å²) >= 11 is 12.2. The summed E-state index contributed by atoms with van der Waals surface area (Å²) in [7, 11) is 3.17. The maximum Gasteiger partial charge on any atom is 0.228 e. The van der Waals surface area contributed by atoms with E-state index in [4.69, 9.17) is 43.4 Å². The van der Waals surface area contributed by atoms with E-state index in [9.17, 15) is 0 Å². The molecule has 0 amide bonds. The van der Waals surface area contributed by atoms with E-state index in [1.165, 1.54) is 0 Å². The number of ether oxygens (including phenoxy) is 2. The van der Waals surface area contributed by atoms with Crippen LogP contribution in [-0.2, 0) is 0 Å². The Balaban J connectivity index is 1.58. The van der Waals surface area contributed by atoms with Gasteiger partial charge in [-0.15, -0.1) is 0 Å². The van der Waals surface area contributed by atoms with Gasteiger partial charge < -0.3 is 25.0 Å². The van der Waals surface area contributed by atoms with Crippen LogP contribution in [0.25, 0.3) is 10.9 Å². The van der Waals surface area contributed by atoms with Gasteiger partial charge in [0, 0.05) is 43.8 Å². The summed E-state index contributed by atoms with van der Waals surface area (Å²) in [6.45, 7) is 2.86. The van der Waals surface area contributed by atoms with E-state index in [0.717, 1.165) is 24.3 Å². The lowest BCUT2D eigenvalue weighted by molar-refractivity contribution is 0.356. The fourth-order valence-electron chi connectivity index (χ4n) is 3.37. The lowest BCUT2D eigenvalue weighted by Gasteiger charge is -2.35. The van der Waals surface area contributed by atoms with Gasteiger partial charge in [-0.3, -0.25) is 0 Å². The van der Waals surface area contributed by atoms with Crippen LogP contribution in [0.4, 0.5) is 17.6 Å². The molecule has 1 fully saturated rings. The molecule has 152 valence electrons. The molecule has 3 aromatic rings. The molecule has 0 aliphatic carbocycles. The highest BCUT2D eigenvalue weighted by atomic mass is 35.5. The summed E-state index contributed by atoms with van der Waals surface area (Å²) in [6.07, 6.45) is 1.60. The maximum atomic E-state index is 6.29. The number of fused-ring (bicyclic) bond motifs is 1. The van der Waals surface area contributed by atoms with Gasteiger partial charge in [0.05, 0.1) is 29.8 Å². The van der Waals surface area contributed by atoms with Gasteiger partial charge >= 0.3 is 0 Å². The molecule has 1 aliphatic heterocycles. The second-order valence-electron chi connectivity index (χ2n) is 6.57. The van der Waals surface area contributed by atoms with Gasteiger partial charge in [0.1, 0.15) is 11.6 Å². The lowest BCUT2D eigenvalue weighted by Crippen LogP contribution is -2.47. The number of nitrogens with zero attached hydrogens (tertiary/aromatic N) is 5. The Kier molecular flexibility index (Phi) is 5.38. The normalized spacial score (nSPS) is 14.3. The standard InChI is InChI=1S/C19H20Cl2N6O2/c1-28-15-8-12-14(9-16(15)29-2)24-19(25-17(12)22)27-5-3-26(4-6-27)18-13(21)7-11(20)10-23-18/h7-10H,3-6H2,1-2H3,(H2,22,24,25). The molecule has 0 atom stereocenters. The second kappa shape index (κ2) is 7.96. The first-order chi connectivity index (χ1) is 14.0. The number of benzene rings is 1. The fraction of sp³-hybridized carbons (Fsp3) is 0.316. The van der Waals surface area contributed by atoms with Gasteiger partial charge in [0.15, 0.2) is 11.5 Å². The first kappa shape index (κ1) is 19.6. The van der Waals surface area contributed by atoms with Gasteiger partial charge in [-0.1, -0.05) is 23.2 Å². The number of aromatic nitrogens is 3. The molecule has 29 heavy (non-hydrogen) atoms. The van der Waals surface area contributed by atoms with Crippen LogP contribution in [0, 0.1) is 0 Å². The number of hydrogen-bond donors (Lipinski definition) is 1. The van der Waals surface area contributed by atoms with Crippen molar-refractivity contribution in [3.63, 3.8) is 0 Å². The third kappa shape index (κ3) is 3.77. The molecule has 4 rings (SSSR count). The van der Waals surface area contributed by atoms with E-state index >= 15 is 0 Å². The van der Waals surface area contributed by atoms with Gasteiger partial charge in [-0.25, -0.2) is 9.97 Å². The monoisotopic (exact) mass is 434 g/mol. The molecule has 8 nitrogen and oxygen atoms in total. The molecule has 1 aromatic carbocycles. The lowest BCUT2D eigenvalue weighted by atomic mass is 10.2. The minimum Gasteiger partial charge on any atom is -0.493 e. The Hall–Kier alpha value is -2.71. The highest BCUT2D eigenvalue weighted by Crippen LogP contribution is 2.34. The van der Waals surface area contributed by atoms with Crippen molar-refractivity contribution < 1.29 is 9.47 Å². The topological polar surface area (TPSA) is 89.6 Å². The summed E-state index contributed by atoms with van der Waals surface area (Å²) in [4.78, 5) is 17.8. The van der Waals surface area contributed by atoms with Crippen LogP contribution in [0.15, 0.2) is 24.4 Å². The van der Waals surface area contributed by atoms with Crippen molar-refractivity contribution in [3.8, 4) is 11.5 Å². The van der Waals surface area contributed by atoms with Gasteiger partial charge in [0.25, 0.3) is 0 Å². The first-order valence-electron chi connectivity index (χ1n) is 9.00. The van der Waals surface area contributed by atoms with Crippen molar-refractivity contribution in [3.05, 3.63) is 34.4 Å². The molecule has 1 saturated heterocycles. The molecule has 2 N–H and O–H groups in total. The van der Waals surface area contributed by atoms with Crippen molar-refractivity contribution in [1.82, 2.24) is 15.0 Å². The number of hydrogen-bond acceptors (Lipinski definition) is 8. The van der Waals surface area contributed by atoms with E-state index < -0.39 is 0 Å². The van der Waals surface area contributed by atoms with Crippen molar-refractivity contribution in [2.24, 2.45) is 0 Å². The number of piperazine rings is 1. The number of methoxy groups -OCH3 is 2. The summed E-state index contributed by atoms with van der Waals surface area (Å²) in [5.41, 5.74) is 6.91. The van der Waals surface area contributed by atoms with Gasteiger partial charge in [-0.2, -0.15) is 4.98 Å². The number of nitrogens with two attached hydrogens (primary N) is 1. The second-order valence-corrected chi connectivity index (χ2v) is 7.41. The third-order valence-corrected chi connectivity index (χ3v) is 5.35. The van der Waals surface area contributed by atoms with Gasteiger partial charge in [0.2, 0.25) is 5.95 Å². The molecule has 0 radical (unpaired) electrons. The molecule has 1 aliphatic rings. The smallest absolute Gasteiger partial charge is 0.228 e. The Labute approximate surface area is 178 Å². The van der Waals surface area contributed by atoms with E-state index in [2.05, 4.69) is 19.8 Å². The predicted octanol–water partition coefficient (Wildman–Crippen LogP) is 3.26. The molecule has 0 unspecified atom stereocenters. The Bertz CT molecular complexity index is 1060. The highest BCUT2D eigenvalue weighted by molar-refractivity contribution is 6.36. The zero-order valence-electron chi connectivity index (χ0n) is 16.0. The quantitative estimate of drug-likeness (QED) is 0.668. The number of anilines is 3. The molecule has 10 heteroatoms. The van der Waals surface area contributed by atoms with E-state index in [-0.39, 0.29) is 0 Å². The Morgan fingerprint density at radius 1 is 0.931 bits per heavy atom. The van der Waals surface area contributed by atoms with Crippen molar-refractivity contribution in [2.45, 2.75) is 0 Å². The number of nitrogen functional groups attached to an aromatic ring is 1. The van der Waals surface area contributed by atoms with Crippen LogP contribution in [-0.4, -0.2) is 55.4 Å². The van der Waals surface area contributed by atoms with Crippen LogP contribution >= 0.6 is 23.2 Å². The Morgan fingerprint density at radius 3 is 2.24 bits per heavy atom. The predicted molar refractivity (Wildman–Crippen MR) is 116 cm³/mol. The first-order valence-corrected chi connectivity index (χ1v) is 9.76. The summed E-state index contributed by atoms with van der Waals surface area (Å²) in [5, 5.41) is 1.78. The molecule has 0 saturated carbocycles. The minimum absolute atomic E-state index is 0.399. The third-order valence-electron chi connectivity index (χ3n) is 4.87. The minimum atomic E-state index is 0.399. The SMILES string of the molecule is COc1cc2nc(N3CCN(c4ncc(Cl)cc4Cl)CC3)nc(N)c2cc1OC. The summed E-state index contributed by atoms with van der Waals surface area (Å²) < 4.78 is 10.7. The summed E-state index contributed by atoms with van der Waals surface area (Å²) in [5.74, 6) is 2.89. The zero-order chi connectivity index (χ0) is 20.5. The average Bonchev–Trinajstić information content (AvgIpc) is 2.73. The molecule has 2 aromatic heterocycles. The Morgan fingerprint density at radius 2 is 1.59 bits per heavy atom. The van der Waals surface area contributed by atoms with Crippen molar-refractivity contribution in [1.29, 1.82) is 0 Å².